The molecule has 0 bridgehead atoms. The fourth-order valence-corrected chi connectivity index (χ4v) is 4.27. The zero-order valence-electron chi connectivity index (χ0n) is 9.78. The molecule has 1 aromatic rings. The molecule has 1 aliphatic rings. The Labute approximate surface area is 119 Å². The number of nitriles is 1. The quantitative estimate of drug-likeness (QED) is 0.844. The highest BCUT2D eigenvalue weighted by Gasteiger charge is 2.33. The number of halogens is 1. The highest BCUT2D eigenvalue weighted by molar-refractivity contribution is 9.10. The predicted octanol–water partition coefficient (Wildman–Crippen LogP) is 3.73. The lowest BCUT2D eigenvalue weighted by Crippen LogP contribution is -2.40. The summed E-state index contributed by atoms with van der Waals surface area (Å²) < 4.78 is 1.04. The summed E-state index contributed by atoms with van der Waals surface area (Å²) in [6.07, 6.45) is 4.02. The summed E-state index contributed by atoms with van der Waals surface area (Å²) in [5, 5.41) is 11.4. The number of likely N-dealkylation sites (tertiary alicyclic amines) is 1. The Kier molecular flexibility index (Phi) is 4.53. The second-order valence-electron chi connectivity index (χ2n) is 4.32. The van der Waals surface area contributed by atoms with Crippen molar-refractivity contribution in [3.05, 3.63) is 20.8 Å². The van der Waals surface area contributed by atoms with Gasteiger partial charge in [-0.25, -0.2) is 0 Å². The first-order chi connectivity index (χ1) is 8.17. The van der Waals surface area contributed by atoms with Gasteiger partial charge in [0.2, 0.25) is 0 Å². The van der Waals surface area contributed by atoms with Gasteiger partial charge in [-0.05, 0) is 41.1 Å². The van der Waals surface area contributed by atoms with Gasteiger partial charge < -0.3 is 0 Å². The molecule has 0 radical (unpaired) electrons. The van der Waals surface area contributed by atoms with Gasteiger partial charge >= 0.3 is 0 Å². The van der Waals surface area contributed by atoms with Gasteiger partial charge in [-0.15, -0.1) is 23.1 Å². The maximum Gasteiger partial charge on any atom is 0.104 e. The van der Waals surface area contributed by atoms with Gasteiger partial charge in [0.15, 0.2) is 0 Å². The van der Waals surface area contributed by atoms with Crippen LogP contribution in [0, 0.1) is 11.3 Å². The summed E-state index contributed by atoms with van der Waals surface area (Å²) in [4.78, 5) is 3.84. The van der Waals surface area contributed by atoms with Crippen LogP contribution in [-0.2, 0) is 6.54 Å². The molecule has 0 spiro atoms. The molecule has 2 rings (SSSR count). The molecule has 0 atom stereocenters. The molecule has 2 heterocycles. The van der Waals surface area contributed by atoms with Gasteiger partial charge in [-0.3, -0.25) is 4.90 Å². The van der Waals surface area contributed by atoms with E-state index in [1.807, 2.05) is 0 Å². The first-order valence-corrected chi connectivity index (χ1v) is 8.49. The molecule has 0 saturated carbocycles. The van der Waals surface area contributed by atoms with Gasteiger partial charge in [0.05, 0.1) is 6.07 Å². The van der Waals surface area contributed by atoms with Crippen molar-refractivity contribution in [2.24, 2.45) is 0 Å². The van der Waals surface area contributed by atoms with Crippen LogP contribution in [0.15, 0.2) is 15.9 Å². The molecule has 1 aliphatic heterocycles. The minimum absolute atomic E-state index is 0.132. The molecule has 0 unspecified atom stereocenters. The Morgan fingerprint density at radius 3 is 2.76 bits per heavy atom. The largest absolute Gasteiger partial charge is 0.298 e. The Balaban J connectivity index is 1.90. The van der Waals surface area contributed by atoms with Crippen molar-refractivity contribution in [1.82, 2.24) is 4.90 Å². The topological polar surface area (TPSA) is 27.0 Å². The Bertz CT molecular complexity index is 416. The number of thiophene rings is 1. The molecule has 0 aliphatic carbocycles. The fourth-order valence-electron chi connectivity index (χ4n) is 2.09. The number of hydrogen-bond acceptors (Lipinski definition) is 4. The van der Waals surface area contributed by atoms with Gasteiger partial charge in [0.1, 0.15) is 4.75 Å². The van der Waals surface area contributed by atoms with E-state index < -0.39 is 0 Å². The maximum absolute atomic E-state index is 9.23. The van der Waals surface area contributed by atoms with Crippen LogP contribution in [0.1, 0.15) is 17.7 Å². The molecule has 17 heavy (non-hydrogen) atoms. The third-order valence-corrected chi connectivity index (χ3v) is 6.22. The van der Waals surface area contributed by atoms with Crippen LogP contribution in [0.4, 0.5) is 0 Å². The summed E-state index contributed by atoms with van der Waals surface area (Å²) in [5.74, 6) is 0. The van der Waals surface area contributed by atoms with Crippen molar-refractivity contribution in [2.45, 2.75) is 24.1 Å². The fraction of sp³-hybridized carbons (Fsp3) is 0.583. The highest BCUT2D eigenvalue weighted by atomic mass is 79.9. The lowest BCUT2D eigenvalue weighted by molar-refractivity contribution is 0.211. The molecular weight excluding hydrogens is 316 g/mol. The van der Waals surface area contributed by atoms with Gasteiger partial charge in [0, 0.05) is 34.4 Å². The van der Waals surface area contributed by atoms with Gasteiger partial charge in [-0.2, -0.15) is 5.26 Å². The third kappa shape index (κ3) is 3.25. The van der Waals surface area contributed by atoms with Crippen LogP contribution in [-0.4, -0.2) is 29.0 Å². The van der Waals surface area contributed by atoms with Crippen molar-refractivity contribution in [3.63, 3.8) is 0 Å². The van der Waals surface area contributed by atoms with Crippen LogP contribution < -0.4 is 0 Å². The highest BCUT2D eigenvalue weighted by Crippen LogP contribution is 2.34. The summed E-state index contributed by atoms with van der Waals surface area (Å²) in [6, 6.07) is 4.67. The third-order valence-electron chi connectivity index (χ3n) is 3.26. The average molecular weight is 331 g/mol. The minimum Gasteiger partial charge on any atom is -0.298 e. The predicted molar refractivity (Wildman–Crippen MR) is 78.4 cm³/mol. The van der Waals surface area contributed by atoms with E-state index >= 15 is 0 Å². The Hall–Kier alpha value is -0.0200. The van der Waals surface area contributed by atoms with E-state index in [4.69, 9.17) is 0 Å². The van der Waals surface area contributed by atoms with E-state index in [0.717, 1.165) is 32.5 Å². The number of nitrogens with zero attached hydrogens (tertiary/aromatic N) is 2. The maximum atomic E-state index is 9.23. The number of hydrogen-bond donors (Lipinski definition) is 0. The Morgan fingerprint density at radius 1 is 1.59 bits per heavy atom. The summed E-state index contributed by atoms with van der Waals surface area (Å²) in [5.41, 5.74) is 0. The molecule has 2 nitrogen and oxygen atoms in total. The molecule has 92 valence electrons. The molecule has 0 N–H and O–H groups in total. The van der Waals surface area contributed by atoms with Crippen molar-refractivity contribution in [2.75, 3.05) is 19.3 Å². The molecule has 5 heteroatoms. The van der Waals surface area contributed by atoms with Crippen molar-refractivity contribution in [3.8, 4) is 6.07 Å². The normalized spacial score (nSPS) is 20.1. The smallest absolute Gasteiger partial charge is 0.104 e. The van der Waals surface area contributed by atoms with Gasteiger partial charge in [0.25, 0.3) is 0 Å². The minimum atomic E-state index is -0.132. The number of rotatable bonds is 3. The van der Waals surface area contributed by atoms with Crippen molar-refractivity contribution < 1.29 is 0 Å². The molecular formula is C12H15BrN2S2. The van der Waals surface area contributed by atoms with Gasteiger partial charge in [-0.1, -0.05) is 0 Å². The average Bonchev–Trinajstić information content (AvgIpc) is 2.76. The second-order valence-corrected chi connectivity index (χ2v) is 7.42. The van der Waals surface area contributed by atoms with Crippen molar-refractivity contribution >= 4 is 39.0 Å². The van der Waals surface area contributed by atoms with E-state index in [0.29, 0.717) is 0 Å². The lowest BCUT2D eigenvalue weighted by atomic mass is 9.97. The SMILES string of the molecule is CSC1(C#N)CCN(Cc2cc(Br)cs2)CC1. The van der Waals surface area contributed by atoms with E-state index in [-0.39, 0.29) is 4.75 Å². The molecule has 1 aromatic heterocycles. The lowest BCUT2D eigenvalue weighted by Gasteiger charge is -2.35. The molecule has 1 fully saturated rings. The molecule has 1 saturated heterocycles. The van der Waals surface area contributed by atoms with Crippen molar-refractivity contribution in [1.29, 1.82) is 5.26 Å². The van der Waals surface area contributed by atoms with E-state index in [9.17, 15) is 5.26 Å². The Morgan fingerprint density at radius 2 is 2.29 bits per heavy atom. The first kappa shape index (κ1) is 13.4. The van der Waals surface area contributed by atoms with Crippen LogP contribution >= 0.6 is 39.0 Å². The number of thioether (sulfide) groups is 1. The second kappa shape index (κ2) is 5.75. The zero-order chi connectivity index (χ0) is 12.3. The van der Waals surface area contributed by atoms with Crippen LogP contribution in [0.5, 0.6) is 0 Å². The van der Waals surface area contributed by atoms with E-state index in [1.54, 1.807) is 23.1 Å². The van der Waals surface area contributed by atoms with E-state index in [1.165, 1.54) is 9.35 Å². The summed E-state index contributed by atoms with van der Waals surface area (Å²) >= 11 is 6.99. The number of piperidine rings is 1. The molecule has 0 aromatic carbocycles. The summed E-state index contributed by atoms with van der Waals surface area (Å²) in [6.45, 7) is 3.08. The molecule has 0 amide bonds. The van der Waals surface area contributed by atoms with Crippen LogP contribution in [0.25, 0.3) is 0 Å². The van der Waals surface area contributed by atoms with Crippen LogP contribution in [0.3, 0.4) is 0 Å². The zero-order valence-corrected chi connectivity index (χ0v) is 13.0. The standard InChI is InChI=1S/C12H15BrN2S2/c1-16-12(9-14)2-4-15(5-3-12)7-11-6-10(13)8-17-11/h6,8H,2-5,7H2,1H3. The first-order valence-electron chi connectivity index (χ1n) is 5.59. The monoisotopic (exact) mass is 330 g/mol. The summed E-state index contributed by atoms with van der Waals surface area (Å²) in [7, 11) is 0. The van der Waals surface area contributed by atoms with Crippen LogP contribution in [0.2, 0.25) is 0 Å². The van der Waals surface area contributed by atoms with E-state index in [2.05, 4.69) is 44.6 Å².